The largest absolute Gasteiger partial charge is 0.454 e. The molecule has 5 heteroatoms. The van der Waals surface area contributed by atoms with Crippen molar-refractivity contribution in [2.75, 3.05) is 12.1 Å². The molecule has 1 aliphatic heterocycles. The van der Waals surface area contributed by atoms with E-state index in [0.717, 1.165) is 24.8 Å². The second-order valence-corrected chi connectivity index (χ2v) is 6.45. The first kappa shape index (κ1) is 18.0. The first-order valence-corrected chi connectivity index (χ1v) is 8.89. The van der Waals surface area contributed by atoms with Gasteiger partial charge in [0.2, 0.25) is 12.7 Å². The van der Waals surface area contributed by atoms with Gasteiger partial charge in [0, 0.05) is 11.6 Å². The van der Waals surface area contributed by atoms with E-state index in [9.17, 15) is 9.59 Å². The number of hydrogen-bond donors (Lipinski definition) is 1. The Bertz CT molecular complexity index is 812. The molecule has 1 heterocycles. The summed E-state index contributed by atoms with van der Waals surface area (Å²) in [6, 6.07) is 11.4. The van der Waals surface area contributed by atoms with E-state index in [-0.39, 0.29) is 24.9 Å². The van der Waals surface area contributed by atoms with Gasteiger partial charge in [0.05, 0.1) is 12.1 Å². The fraction of sp³-hybridized carbons (Fsp3) is 0.333. The maximum atomic E-state index is 12.4. The molecular formula is C21H23NO4. The van der Waals surface area contributed by atoms with E-state index in [1.54, 1.807) is 12.1 Å². The number of carbonyl (C=O) groups excluding carboxylic acids is 2. The van der Waals surface area contributed by atoms with Gasteiger partial charge in [0.1, 0.15) is 0 Å². The number of ether oxygens (including phenoxy) is 2. The van der Waals surface area contributed by atoms with Crippen LogP contribution in [0.2, 0.25) is 0 Å². The smallest absolute Gasteiger partial charge is 0.231 e. The Morgan fingerprint density at radius 2 is 1.69 bits per heavy atom. The van der Waals surface area contributed by atoms with Gasteiger partial charge in [0.25, 0.3) is 0 Å². The van der Waals surface area contributed by atoms with Crippen LogP contribution in [-0.4, -0.2) is 18.5 Å². The van der Waals surface area contributed by atoms with Crippen LogP contribution in [0.3, 0.4) is 0 Å². The van der Waals surface area contributed by atoms with Crippen LogP contribution in [0.25, 0.3) is 0 Å². The first-order valence-electron chi connectivity index (χ1n) is 8.89. The van der Waals surface area contributed by atoms with Crippen LogP contribution in [0, 0.1) is 0 Å². The Morgan fingerprint density at radius 1 is 1.04 bits per heavy atom. The van der Waals surface area contributed by atoms with E-state index in [2.05, 4.69) is 24.4 Å². The number of unbranched alkanes of at least 4 members (excludes halogenated alkanes) is 1. The number of carbonyl (C=O) groups is 2. The maximum absolute atomic E-state index is 12.4. The predicted molar refractivity (Wildman–Crippen MR) is 100.0 cm³/mol. The third kappa shape index (κ3) is 4.23. The number of benzene rings is 2. The molecule has 0 saturated carbocycles. The van der Waals surface area contributed by atoms with Crippen LogP contribution >= 0.6 is 0 Å². The van der Waals surface area contributed by atoms with Crippen molar-refractivity contribution >= 4 is 17.4 Å². The lowest BCUT2D eigenvalue weighted by molar-refractivity contribution is -0.115. The molecule has 0 atom stereocenters. The average molecular weight is 353 g/mol. The second-order valence-electron chi connectivity index (χ2n) is 6.45. The highest BCUT2D eigenvalue weighted by Crippen LogP contribution is 2.37. The van der Waals surface area contributed by atoms with Crippen molar-refractivity contribution in [1.29, 1.82) is 0 Å². The summed E-state index contributed by atoms with van der Waals surface area (Å²) in [6.45, 7) is 3.75. The zero-order valence-corrected chi connectivity index (χ0v) is 15.1. The lowest BCUT2D eigenvalue weighted by Gasteiger charge is -2.11. The standard InChI is InChI=1S/C21H23NO4/c1-3-4-5-15-6-8-16(9-7-15)10-21(24)22-18-12-20-19(25-13-26-20)11-17(18)14(2)23/h6-9,11-12H,3-5,10,13H2,1-2H3,(H,22,24). The minimum Gasteiger partial charge on any atom is -0.454 e. The predicted octanol–water partition coefficient (Wildman–Crippen LogP) is 4.14. The van der Waals surface area contributed by atoms with Gasteiger partial charge in [-0.05, 0) is 37.0 Å². The molecule has 26 heavy (non-hydrogen) atoms. The van der Waals surface area contributed by atoms with Gasteiger partial charge in [-0.3, -0.25) is 9.59 Å². The van der Waals surface area contributed by atoms with Crippen molar-refractivity contribution in [3.63, 3.8) is 0 Å². The summed E-state index contributed by atoms with van der Waals surface area (Å²) in [4.78, 5) is 24.3. The summed E-state index contributed by atoms with van der Waals surface area (Å²) in [5, 5.41) is 2.82. The Labute approximate surface area is 153 Å². The van der Waals surface area contributed by atoms with E-state index in [4.69, 9.17) is 9.47 Å². The van der Waals surface area contributed by atoms with Crippen LogP contribution in [0.15, 0.2) is 36.4 Å². The molecule has 0 aliphatic carbocycles. The third-order valence-electron chi connectivity index (χ3n) is 4.37. The molecule has 0 aromatic heterocycles. The summed E-state index contributed by atoms with van der Waals surface area (Å²) in [7, 11) is 0. The van der Waals surface area contributed by atoms with Crippen LogP contribution < -0.4 is 14.8 Å². The van der Waals surface area contributed by atoms with Gasteiger partial charge in [-0.15, -0.1) is 0 Å². The molecule has 0 bridgehead atoms. The lowest BCUT2D eigenvalue weighted by atomic mass is 10.0. The topological polar surface area (TPSA) is 64.6 Å². The molecule has 3 rings (SSSR count). The van der Waals surface area contributed by atoms with Gasteiger partial charge in [-0.2, -0.15) is 0 Å². The zero-order chi connectivity index (χ0) is 18.5. The Kier molecular flexibility index (Phi) is 5.56. The van der Waals surface area contributed by atoms with Crippen LogP contribution in [-0.2, 0) is 17.6 Å². The number of aryl methyl sites for hydroxylation is 1. The summed E-state index contributed by atoms with van der Waals surface area (Å²) in [5.41, 5.74) is 3.09. The molecular weight excluding hydrogens is 330 g/mol. The molecule has 136 valence electrons. The second kappa shape index (κ2) is 8.04. The van der Waals surface area contributed by atoms with Gasteiger partial charge in [0.15, 0.2) is 17.3 Å². The van der Waals surface area contributed by atoms with E-state index in [1.807, 2.05) is 12.1 Å². The van der Waals surface area contributed by atoms with Crippen molar-refractivity contribution < 1.29 is 19.1 Å². The van der Waals surface area contributed by atoms with E-state index in [1.165, 1.54) is 12.5 Å². The van der Waals surface area contributed by atoms with Gasteiger partial charge < -0.3 is 14.8 Å². The fourth-order valence-corrected chi connectivity index (χ4v) is 2.92. The van der Waals surface area contributed by atoms with Crippen molar-refractivity contribution in [2.24, 2.45) is 0 Å². The number of anilines is 1. The molecule has 2 aromatic carbocycles. The van der Waals surface area contributed by atoms with E-state index < -0.39 is 0 Å². The highest BCUT2D eigenvalue weighted by molar-refractivity contribution is 6.04. The fourth-order valence-electron chi connectivity index (χ4n) is 2.92. The van der Waals surface area contributed by atoms with Gasteiger partial charge >= 0.3 is 0 Å². The number of ketones is 1. The molecule has 1 amide bonds. The quantitative estimate of drug-likeness (QED) is 0.760. The maximum Gasteiger partial charge on any atom is 0.231 e. The molecule has 0 radical (unpaired) electrons. The number of hydrogen-bond acceptors (Lipinski definition) is 4. The van der Waals surface area contributed by atoms with Crippen LogP contribution in [0.5, 0.6) is 11.5 Å². The molecule has 0 spiro atoms. The molecule has 0 fully saturated rings. The Hall–Kier alpha value is -2.82. The molecule has 0 saturated heterocycles. The number of nitrogens with one attached hydrogen (secondary N) is 1. The van der Waals surface area contributed by atoms with Crippen molar-refractivity contribution in [2.45, 2.75) is 39.5 Å². The molecule has 0 unspecified atom stereocenters. The van der Waals surface area contributed by atoms with Crippen LogP contribution in [0.4, 0.5) is 5.69 Å². The molecule has 2 aromatic rings. The summed E-state index contributed by atoms with van der Waals surface area (Å²) in [6.07, 6.45) is 3.64. The van der Waals surface area contributed by atoms with E-state index >= 15 is 0 Å². The first-order chi connectivity index (χ1) is 12.6. The van der Waals surface area contributed by atoms with Gasteiger partial charge in [-0.1, -0.05) is 37.6 Å². The van der Waals surface area contributed by atoms with Crippen molar-refractivity contribution in [3.05, 3.63) is 53.1 Å². The Balaban J connectivity index is 1.69. The highest BCUT2D eigenvalue weighted by atomic mass is 16.7. The minimum atomic E-state index is -0.173. The molecule has 1 aliphatic rings. The Morgan fingerprint density at radius 3 is 2.35 bits per heavy atom. The number of Topliss-reactive ketones (excluding diaryl/α,β-unsaturated/α-hetero) is 1. The van der Waals surface area contributed by atoms with Gasteiger partial charge in [-0.25, -0.2) is 0 Å². The number of rotatable bonds is 7. The summed E-state index contributed by atoms with van der Waals surface area (Å²) >= 11 is 0. The van der Waals surface area contributed by atoms with Crippen molar-refractivity contribution in [3.8, 4) is 11.5 Å². The summed E-state index contributed by atoms with van der Waals surface area (Å²) < 4.78 is 10.6. The SMILES string of the molecule is CCCCc1ccc(CC(=O)Nc2cc3c(cc2C(C)=O)OCO3)cc1. The van der Waals surface area contributed by atoms with Crippen LogP contribution in [0.1, 0.15) is 48.2 Å². The molecule has 1 N–H and O–H groups in total. The monoisotopic (exact) mass is 353 g/mol. The summed E-state index contributed by atoms with van der Waals surface area (Å²) in [5.74, 6) is 0.744. The normalized spacial score (nSPS) is 12.1. The third-order valence-corrected chi connectivity index (χ3v) is 4.37. The van der Waals surface area contributed by atoms with Crippen molar-refractivity contribution in [1.82, 2.24) is 0 Å². The molecule has 5 nitrogen and oxygen atoms in total. The zero-order valence-electron chi connectivity index (χ0n) is 15.1. The minimum absolute atomic E-state index is 0.120. The average Bonchev–Trinajstić information content (AvgIpc) is 3.07. The number of fused-ring (bicyclic) bond motifs is 1. The van der Waals surface area contributed by atoms with E-state index in [0.29, 0.717) is 22.7 Å². The highest BCUT2D eigenvalue weighted by Gasteiger charge is 2.20. The lowest BCUT2D eigenvalue weighted by Crippen LogP contribution is -2.16. The number of amides is 1.